The van der Waals surface area contributed by atoms with Gasteiger partial charge in [-0.2, -0.15) is 0 Å². The number of hydrogen-bond acceptors (Lipinski definition) is 9. The summed E-state index contributed by atoms with van der Waals surface area (Å²) in [5.41, 5.74) is 16.7. The number of nitrogens with one attached hydrogen (secondary N) is 2. The molecule has 266 valence electrons. The molecule has 4 amide bonds. The van der Waals surface area contributed by atoms with E-state index in [9.17, 15) is 34.2 Å². The number of amides is 4. The fourth-order valence-corrected chi connectivity index (χ4v) is 9.19. The van der Waals surface area contributed by atoms with Gasteiger partial charge in [0, 0.05) is 49.9 Å². The third-order valence-electron chi connectivity index (χ3n) is 11.2. The van der Waals surface area contributed by atoms with E-state index in [2.05, 4.69) is 15.6 Å². The van der Waals surface area contributed by atoms with Gasteiger partial charge in [-0.25, -0.2) is 0 Å². The van der Waals surface area contributed by atoms with Gasteiger partial charge in [0.1, 0.15) is 5.78 Å². The Bertz CT molecular complexity index is 1160. The summed E-state index contributed by atoms with van der Waals surface area (Å²) in [6.07, 6.45) is 4.11. The normalized spacial score (nSPS) is 32.7. The smallest absolute Gasteiger partial charge is 0.243 e. The number of Topliss-reactive ketones (excluding diaryl/α,β-unsaturated/α-hetero) is 1. The molecule has 3 fully saturated rings. The van der Waals surface area contributed by atoms with Crippen LogP contribution in [0.2, 0.25) is 0 Å². The van der Waals surface area contributed by atoms with E-state index in [1.807, 2.05) is 27.7 Å². The Hall–Kier alpha value is -2.90. The molecule has 3 saturated carbocycles. The molecule has 0 aromatic carbocycles. The van der Waals surface area contributed by atoms with E-state index in [0.717, 1.165) is 0 Å². The van der Waals surface area contributed by atoms with Crippen LogP contribution in [0.1, 0.15) is 85.5 Å². The molecule has 3 aliphatic carbocycles. The van der Waals surface area contributed by atoms with Crippen molar-refractivity contribution in [2.75, 3.05) is 19.8 Å². The van der Waals surface area contributed by atoms with Crippen molar-refractivity contribution in [3.05, 3.63) is 0 Å². The highest BCUT2D eigenvalue weighted by molar-refractivity contribution is 5.99. The van der Waals surface area contributed by atoms with Crippen molar-refractivity contribution in [2.24, 2.45) is 87.3 Å². The molecule has 3 rings (SSSR count). The number of rotatable bonds is 15. The summed E-state index contributed by atoms with van der Waals surface area (Å²) >= 11 is 0. The van der Waals surface area contributed by atoms with Gasteiger partial charge >= 0.3 is 0 Å². The lowest BCUT2D eigenvalue weighted by molar-refractivity contribution is -0.136. The van der Waals surface area contributed by atoms with Gasteiger partial charge in [0.25, 0.3) is 0 Å². The Morgan fingerprint density at radius 3 is 1.79 bits per heavy atom. The van der Waals surface area contributed by atoms with E-state index < -0.39 is 41.5 Å². The van der Waals surface area contributed by atoms with E-state index in [-0.39, 0.29) is 91.0 Å². The summed E-state index contributed by atoms with van der Waals surface area (Å²) in [5, 5.41) is 25.5. The topological polar surface area (TPSA) is 240 Å². The molecule has 4 unspecified atom stereocenters. The molecule has 0 radical (unpaired) electrons. The van der Waals surface area contributed by atoms with Crippen molar-refractivity contribution in [3.63, 3.8) is 0 Å². The minimum absolute atomic E-state index is 0.000876. The zero-order chi connectivity index (χ0) is 35.0. The lowest BCUT2D eigenvalue weighted by Crippen LogP contribution is -2.47. The Labute approximate surface area is 278 Å². The SMILES string of the molecule is CC[C@@H]1C(C2CCC(C3[C@@H](C(=O)NC(=O)[C@@H](N)CCCN=C(N)N)C[C@@H](CO)[C@H]3CC)C2=O)[C@H](C(=O)NC(=O)CC(C)C)C[C@@H]1CO. The van der Waals surface area contributed by atoms with Crippen molar-refractivity contribution in [2.45, 2.75) is 91.5 Å². The third-order valence-corrected chi connectivity index (χ3v) is 11.2. The monoisotopic (exact) mass is 662 g/mol. The largest absolute Gasteiger partial charge is 0.396 e. The number of imide groups is 2. The first-order chi connectivity index (χ1) is 22.3. The van der Waals surface area contributed by atoms with Gasteiger partial charge in [-0.3, -0.25) is 39.6 Å². The molecule has 0 bridgehead atoms. The van der Waals surface area contributed by atoms with Gasteiger partial charge in [-0.1, -0.05) is 40.5 Å². The van der Waals surface area contributed by atoms with Crippen molar-refractivity contribution in [3.8, 4) is 0 Å². The number of carbonyl (C=O) groups is 5. The van der Waals surface area contributed by atoms with Crippen LogP contribution in [0, 0.1) is 65.1 Å². The lowest BCUT2D eigenvalue weighted by Gasteiger charge is -2.32. The fraction of sp³-hybridized carbons (Fsp3) is 0.824. The minimum atomic E-state index is -0.940. The van der Waals surface area contributed by atoms with Crippen LogP contribution < -0.4 is 27.8 Å². The molecule has 0 spiro atoms. The Morgan fingerprint density at radius 2 is 1.36 bits per heavy atom. The Kier molecular flexibility index (Phi) is 14.3. The van der Waals surface area contributed by atoms with Crippen LogP contribution in [0.3, 0.4) is 0 Å². The van der Waals surface area contributed by atoms with Crippen LogP contribution in [0.15, 0.2) is 4.99 Å². The van der Waals surface area contributed by atoms with Crippen LogP contribution in [-0.4, -0.2) is 71.4 Å². The van der Waals surface area contributed by atoms with E-state index in [4.69, 9.17) is 17.2 Å². The maximum Gasteiger partial charge on any atom is 0.243 e. The summed E-state index contributed by atoms with van der Waals surface area (Å²) in [5.74, 6) is -5.20. The van der Waals surface area contributed by atoms with Crippen molar-refractivity contribution in [1.29, 1.82) is 0 Å². The summed E-state index contributed by atoms with van der Waals surface area (Å²) < 4.78 is 0. The van der Waals surface area contributed by atoms with Gasteiger partial charge in [0.2, 0.25) is 23.6 Å². The van der Waals surface area contributed by atoms with Gasteiger partial charge in [-0.15, -0.1) is 0 Å². The number of ketones is 1. The van der Waals surface area contributed by atoms with Crippen LogP contribution in [0.4, 0.5) is 0 Å². The summed E-state index contributed by atoms with van der Waals surface area (Å²) in [4.78, 5) is 70.9. The van der Waals surface area contributed by atoms with E-state index in [1.54, 1.807) is 0 Å². The number of hydrogen-bond donors (Lipinski definition) is 7. The Balaban J connectivity index is 1.82. The van der Waals surface area contributed by atoms with E-state index in [1.165, 1.54) is 0 Å². The molecule has 13 nitrogen and oxygen atoms in total. The average molecular weight is 663 g/mol. The number of aliphatic hydroxyl groups is 2. The van der Waals surface area contributed by atoms with Crippen LogP contribution >= 0.6 is 0 Å². The van der Waals surface area contributed by atoms with Crippen LogP contribution in [-0.2, 0) is 24.0 Å². The molecular formula is C34H58N6O7. The molecule has 0 saturated heterocycles. The molecule has 0 heterocycles. The average Bonchev–Trinajstić information content (AvgIpc) is 3.69. The molecule has 11 atom stereocenters. The van der Waals surface area contributed by atoms with Crippen molar-refractivity contribution < 1.29 is 34.2 Å². The number of aliphatic hydroxyl groups excluding tert-OH is 2. The maximum atomic E-state index is 14.5. The zero-order valence-electron chi connectivity index (χ0n) is 28.5. The number of nitrogens with zero attached hydrogens (tertiary/aromatic N) is 1. The number of carbonyl (C=O) groups excluding carboxylic acids is 5. The standard InChI is InChI=1S/C34H58N6O7/c1-5-20-18(15-41)13-24(31(45)39-27(43)12-17(3)4)28(20)22-9-10-23(30(22)44)29-21(6-2)19(16-42)14-25(29)32(46)40-33(47)26(35)8-7-11-38-34(36)37/h17-26,28-29,41-42H,5-16,35H2,1-4H3,(H4,36,37,38)(H,39,43,45)(H,40,46,47)/t18-,19+,20+,21-,22?,23?,24-,25+,26+,28?,29?/m1/s1. The quantitative estimate of drug-likeness (QED) is 0.0740. The van der Waals surface area contributed by atoms with Crippen LogP contribution in [0.5, 0.6) is 0 Å². The number of aliphatic imine (C=N–C) groups is 1. The summed E-state index contributed by atoms with van der Waals surface area (Å²) in [6, 6.07) is -0.940. The minimum Gasteiger partial charge on any atom is -0.396 e. The molecule has 0 aromatic rings. The van der Waals surface area contributed by atoms with E-state index in [0.29, 0.717) is 51.5 Å². The zero-order valence-corrected chi connectivity index (χ0v) is 28.5. The number of guanidine groups is 1. The molecule has 10 N–H and O–H groups in total. The third kappa shape index (κ3) is 9.17. The van der Waals surface area contributed by atoms with Crippen LogP contribution in [0.25, 0.3) is 0 Å². The molecule has 3 aliphatic rings. The van der Waals surface area contributed by atoms with Crippen molar-refractivity contribution >= 4 is 35.4 Å². The second kappa shape index (κ2) is 17.5. The van der Waals surface area contributed by atoms with Gasteiger partial charge in [-0.05, 0) is 80.0 Å². The first kappa shape index (κ1) is 38.5. The second-order valence-electron chi connectivity index (χ2n) is 14.5. The highest BCUT2D eigenvalue weighted by atomic mass is 16.3. The summed E-state index contributed by atoms with van der Waals surface area (Å²) in [7, 11) is 0. The summed E-state index contributed by atoms with van der Waals surface area (Å²) in [6.45, 7) is 7.86. The molecule has 0 aromatic heterocycles. The highest BCUT2D eigenvalue weighted by Crippen LogP contribution is 2.56. The molecule has 47 heavy (non-hydrogen) atoms. The molecule has 13 heteroatoms. The first-order valence-corrected chi connectivity index (χ1v) is 17.5. The second-order valence-corrected chi connectivity index (χ2v) is 14.5. The predicted molar refractivity (Wildman–Crippen MR) is 177 cm³/mol. The molecular weight excluding hydrogens is 604 g/mol. The lowest BCUT2D eigenvalue weighted by atomic mass is 9.71. The first-order valence-electron chi connectivity index (χ1n) is 17.5. The Morgan fingerprint density at radius 1 is 0.872 bits per heavy atom. The van der Waals surface area contributed by atoms with E-state index >= 15 is 0 Å². The highest BCUT2D eigenvalue weighted by Gasteiger charge is 2.57. The number of nitrogens with two attached hydrogens (primary N) is 3. The van der Waals surface area contributed by atoms with Gasteiger partial charge in [0.15, 0.2) is 5.96 Å². The fourth-order valence-electron chi connectivity index (χ4n) is 9.19. The van der Waals surface area contributed by atoms with Crippen molar-refractivity contribution in [1.82, 2.24) is 10.6 Å². The van der Waals surface area contributed by atoms with Gasteiger partial charge < -0.3 is 27.4 Å². The van der Waals surface area contributed by atoms with Gasteiger partial charge in [0.05, 0.1) is 6.04 Å². The predicted octanol–water partition coefficient (Wildman–Crippen LogP) is 0.836. The maximum absolute atomic E-state index is 14.5. The molecule has 0 aliphatic heterocycles.